The first kappa shape index (κ1) is 19.5. The van der Waals surface area contributed by atoms with Crippen LogP contribution >= 0.6 is 0 Å². The number of aromatic hydroxyl groups is 1. The van der Waals surface area contributed by atoms with Crippen LogP contribution in [0.5, 0.6) is 5.75 Å². The Bertz CT molecular complexity index is 1030. The number of pyridine rings is 1. The fourth-order valence-electron chi connectivity index (χ4n) is 2.54. The summed E-state index contributed by atoms with van der Waals surface area (Å²) in [6.07, 6.45) is -8.74. The van der Waals surface area contributed by atoms with Gasteiger partial charge in [0.05, 0.1) is 16.7 Å². The van der Waals surface area contributed by atoms with E-state index < -0.39 is 40.8 Å². The second-order valence-electron chi connectivity index (χ2n) is 5.79. The molecule has 28 heavy (non-hydrogen) atoms. The van der Waals surface area contributed by atoms with Gasteiger partial charge in [0, 0.05) is 17.3 Å². The summed E-state index contributed by atoms with van der Waals surface area (Å²) in [5, 5.41) is 12.6. The van der Waals surface area contributed by atoms with Crippen molar-refractivity contribution in [2.75, 3.05) is 5.32 Å². The highest BCUT2D eigenvalue weighted by atomic mass is 19.4. The molecule has 3 rings (SSSR count). The molecule has 1 heterocycles. The number of benzene rings is 2. The van der Waals surface area contributed by atoms with Crippen molar-refractivity contribution in [3.05, 3.63) is 65.4 Å². The minimum absolute atomic E-state index is 0.0485. The third kappa shape index (κ3) is 3.85. The van der Waals surface area contributed by atoms with E-state index >= 15 is 0 Å². The average Bonchev–Trinajstić information content (AvgIpc) is 2.60. The third-order valence-corrected chi connectivity index (χ3v) is 3.84. The molecule has 0 saturated heterocycles. The van der Waals surface area contributed by atoms with E-state index in [2.05, 4.69) is 4.98 Å². The monoisotopic (exact) mass is 400 g/mol. The molecule has 0 aliphatic heterocycles. The molecule has 1 amide bonds. The summed E-state index contributed by atoms with van der Waals surface area (Å²) in [5.41, 5.74) is -4.14. The van der Waals surface area contributed by atoms with Gasteiger partial charge in [0.25, 0.3) is 5.91 Å². The highest BCUT2D eigenvalue weighted by Gasteiger charge is 2.37. The van der Waals surface area contributed by atoms with Gasteiger partial charge in [-0.05, 0) is 30.3 Å². The summed E-state index contributed by atoms with van der Waals surface area (Å²) >= 11 is 0. The second kappa shape index (κ2) is 6.70. The number of phenolic OH excluding ortho intramolecular Hbond substituents is 1. The minimum atomic E-state index is -5.05. The van der Waals surface area contributed by atoms with Crippen LogP contribution in [0.1, 0.15) is 21.5 Å². The number of phenols is 1. The number of hydrogen-bond donors (Lipinski definition) is 2. The summed E-state index contributed by atoms with van der Waals surface area (Å²) < 4.78 is 77.4. The maximum atomic E-state index is 12.9. The molecule has 0 atom stereocenters. The molecule has 4 nitrogen and oxygen atoms in total. The van der Waals surface area contributed by atoms with Gasteiger partial charge >= 0.3 is 12.4 Å². The Morgan fingerprint density at radius 1 is 0.929 bits per heavy atom. The lowest BCUT2D eigenvalue weighted by Crippen LogP contribution is -2.16. The van der Waals surface area contributed by atoms with Gasteiger partial charge in [-0.2, -0.15) is 26.3 Å². The number of anilines is 1. The van der Waals surface area contributed by atoms with E-state index in [-0.39, 0.29) is 17.1 Å². The van der Waals surface area contributed by atoms with E-state index in [9.17, 15) is 36.2 Å². The van der Waals surface area contributed by atoms with Gasteiger partial charge in [-0.25, -0.2) is 0 Å². The van der Waals surface area contributed by atoms with Crippen LogP contribution in [-0.2, 0) is 12.4 Å². The number of amides is 1. The Morgan fingerprint density at radius 3 is 2.11 bits per heavy atom. The predicted molar refractivity (Wildman–Crippen MR) is 87.8 cm³/mol. The Morgan fingerprint density at radius 2 is 1.54 bits per heavy atom. The number of alkyl halides is 6. The molecule has 0 aliphatic carbocycles. The highest BCUT2D eigenvalue weighted by Crippen LogP contribution is 2.38. The minimum Gasteiger partial charge on any atom is -0.505 e. The van der Waals surface area contributed by atoms with Crippen LogP contribution in [-0.4, -0.2) is 16.0 Å². The summed E-state index contributed by atoms with van der Waals surface area (Å²) in [6, 6.07) is 6.52. The molecule has 0 fully saturated rings. The first-order chi connectivity index (χ1) is 13.0. The topological polar surface area (TPSA) is 62.2 Å². The Balaban J connectivity index is 2.01. The number of nitrogens with one attached hydrogen (secondary N) is 1. The van der Waals surface area contributed by atoms with Gasteiger partial charge in [0.2, 0.25) is 0 Å². The lowest BCUT2D eigenvalue weighted by molar-refractivity contribution is -0.143. The smallest absolute Gasteiger partial charge is 0.416 e. The van der Waals surface area contributed by atoms with Crippen molar-refractivity contribution in [1.82, 2.24) is 4.98 Å². The molecule has 2 aromatic carbocycles. The van der Waals surface area contributed by atoms with Crippen LogP contribution in [0, 0.1) is 0 Å². The number of carbonyl (C=O) groups excluding carboxylic acids is 1. The van der Waals surface area contributed by atoms with E-state index in [1.165, 1.54) is 18.3 Å². The molecular formula is C18H10F6N2O2. The molecule has 0 bridgehead atoms. The summed E-state index contributed by atoms with van der Waals surface area (Å²) in [6.45, 7) is 0. The van der Waals surface area contributed by atoms with Gasteiger partial charge < -0.3 is 10.4 Å². The summed E-state index contributed by atoms with van der Waals surface area (Å²) in [7, 11) is 0. The normalized spacial score (nSPS) is 12.2. The standard InChI is InChI=1S/C18H10F6N2O2/c19-17(20,21)10-6-11(18(22,23)24)8-12(7-10)26-16(28)13-4-3-9-2-1-5-25-14(9)15(13)27/h1-8,27H,(H,26,28). The Labute approximate surface area is 153 Å². The van der Waals surface area contributed by atoms with E-state index in [0.717, 1.165) is 0 Å². The van der Waals surface area contributed by atoms with Crippen molar-refractivity contribution in [3.8, 4) is 5.75 Å². The zero-order valence-electron chi connectivity index (χ0n) is 13.7. The molecule has 0 unspecified atom stereocenters. The van der Waals surface area contributed by atoms with Crippen molar-refractivity contribution in [3.63, 3.8) is 0 Å². The molecule has 0 aliphatic rings. The van der Waals surface area contributed by atoms with Crippen LogP contribution < -0.4 is 5.32 Å². The number of aromatic nitrogens is 1. The van der Waals surface area contributed by atoms with E-state index in [4.69, 9.17) is 0 Å². The molecular weight excluding hydrogens is 390 g/mol. The number of fused-ring (bicyclic) bond motifs is 1. The first-order valence-corrected chi connectivity index (χ1v) is 7.64. The zero-order chi connectivity index (χ0) is 20.7. The predicted octanol–water partition coefficient (Wildman–Crippen LogP) is 5.23. The quantitative estimate of drug-likeness (QED) is 0.579. The maximum Gasteiger partial charge on any atom is 0.416 e. The lowest BCUT2D eigenvalue weighted by atomic mass is 10.1. The summed E-state index contributed by atoms with van der Waals surface area (Å²) in [5.74, 6) is -1.63. The largest absolute Gasteiger partial charge is 0.505 e. The molecule has 2 N–H and O–H groups in total. The lowest BCUT2D eigenvalue weighted by Gasteiger charge is -2.15. The molecule has 3 aromatic rings. The average molecular weight is 400 g/mol. The van der Waals surface area contributed by atoms with Gasteiger partial charge in [-0.3, -0.25) is 9.78 Å². The van der Waals surface area contributed by atoms with E-state index in [1.54, 1.807) is 12.1 Å². The van der Waals surface area contributed by atoms with Crippen molar-refractivity contribution < 1.29 is 36.2 Å². The van der Waals surface area contributed by atoms with Gasteiger partial charge in [-0.15, -0.1) is 0 Å². The van der Waals surface area contributed by atoms with Crippen molar-refractivity contribution >= 4 is 22.5 Å². The molecule has 146 valence electrons. The number of hydrogen-bond acceptors (Lipinski definition) is 3. The van der Waals surface area contributed by atoms with E-state index in [0.29, 0.717) is 17.5 Å². The van der Waals surface area contributed by atoms with Crippen molar-refractivity contribution in [2.24, 2.45) is 0 Å². The first-order valence-electron chi connectivity index (χ1n) is 7.64. The number of rotatable bonds is 2. The number of carbonyl (C=O) groups is 1. The Hall–Kier alpha value is -3.30. The van der Waals surface area contributed by atoms with Gasteiger partial charge in [0.15, 0.2) is 5.75 Å². The fraction of sp³-hybridized carbons (Fsp3) is 0.111. The molecule has 0 radical (unpaired) electrons. The molecule has 0 saturated carbocycles. The van der Waals surface area contributed by atoms with Crippen LogP contribution in [0.25, 0.3) is 10.9 Å². The number of halogens is 6. The molecule has 0 spiro atoms. The van der Waals surface area contributed by atoms with Gasteiger partial charge in [0.1, 0.15) is 5.52 Å². The van der Waals surface area contributed by atoms with Gasteiger partial charge in [-0.1, -0.05) is 12.1 Å². The van der Waals surface area contributed by atoms with Crippen LogP contribution in [0.3, 0.4) is 0 Å². The SMILES string of the molecule is O=C(Nc1cc(C(F)(F)F)cc(C(F)(F)F)c1)c1ccc2cccnc2c1O. The molecule has 10 heteroatoms. The highest BCUT2D eigenvalue weighted by molar-refractivity contribution is 6.09. The Kier molecular flexibility index (Phi) is 4.66. The van der Waals surface area contributed by atoms with Crippen LogP contribution in [0.2, 0.25) is 0 Å². The second-order valence-corrected chi connectivity index (χ2v) is 5.79. The summed E-state index contributed by atoms with van der Waals surface area (Å²) in [4.78, 5) is 16.2. The van der Waals surface area contributed by atoms with E-state index in [1.807, 2.05) is 5.32 Å². The van der Waals surface area contributed by atoms with Crippen LogP contribution in [0.15, 0.2) is 48.7 Å². The fourth-order valence-corrected chi connectivity index (χ4v) is 2.54. The third-order valence-electron chi connectivity index (χ3n) is 3.84. The zero-order valence-corrected chi connectivity index (χ0v) is 13.7. The van der Waals surface area contributed by atoms with Crippen LogP contribution in [0.4, 0.5) is 32.0 Å². The van der Waals surface area contributed by atoms with Crippen molar-refractivity contribution in [1.29, 1.82) is 0 Å². The number of nitrogens with zero attached hydrogens (tertiary/aromatic N) is 1. The maximum absolute atomic E-state index is 12.9. The van der Waals surface area contributed by atoms with Crippen molar-refractivity contribution in [2.45, 2.75) is 12.4 Å². The molecule has 1 aromatic heterocycles.